The molecule has 0 saturated carbocycles. The Kier molecular flexibility index (Phi) is 3.66. The Morgan fingerprint density at radius 2 is 2.19 bits per heavy atom. The molecular weight excluding hydrogens is 264 g/mol. The minimum absolute atomic E-state index is 0.0249. The van der Waals surface area contributed by atoms with E-state index in [-0.39, 0.29) is 17.4 Å². The Hall–Kier alpha value is -1.55. The van der Waals surface area contributed by atoms with Gasteiger partial charge in [-0.2, -0.15) is 0 Å². The highest BCUT2D eigenvalue weighted by Crippen LogP contribution is 2.37. The van der Waals surface area contributed by atoms with Crippen molar-refractivity contribution < 1.29 is 9.53 Å². The van der Waals surface area contributed by atoms with E-state index in [1.54, 1.807) is 0 Å². The van der Waals surface area contributed by atoms with E-state index in [2.05, 4.69) is 31.1 Å². The lowest BCUT2D eigenvalue weighted by molar-refractivity contribution is 0.0926. The van der Waals surface area contributed by atoms with Crippen molar-refractivity contribution in [2.75, 3.05) is 25.0 Å². The van der Waals surface area contributed by atoms with Gasteiger partial charge in [0.05, 0.1) is 18.3 Å². The van der Waals surface area contributed by atoms with E-state index in [4.69, 9.17) is 4.74 Å². The average Bonchev–Trinajstić information content (AvgIpc) is 2.46. The first-order chi connectivity index (χ1) is 9.96. The van der Waals surface area contributed by atoms with Crippen molar-refractivity contribution in [1.29, 1.82) is 0 Å². The van der Waals surface area contributed by atoms with Crippen molar-refractivity contribution in [2.45, 2.75) is 44.8 Å². The number of likely N-dealkylation sites (N-methyl/N-ethyl adjacent to an activating group) is 1. The van der Waals surface area contributed by atoms with Crippen molar-refractivity contribution in [1.82, 2.24) is 5.32 Å². The number of nitrogens with one attached hydrogen (secondary N) is 1. The molecule has 1 unspecified atom stereocenters. The molecule has 1 N–H and O–H groups in total. The summed E-state index contributed by atoms with van der Waals surface area (Å²) in [6.07, 6.45) is 3.24. The lowest BCUT2D eigenvalue weighted by Crippen LogP contribution is -2.45. The Morgan fingerprint density at radius 3 is 2.90 bits per heavy atom. The molecule has 1 fully saturated rings. The topological polar surface area (TPSA) is 41.6 Å². The first-order valence-corrected chi connectivity index (χ1v) is 7.78. The second-order valence-corrected chi connectivity index (χ2v) is 6.77. The van der Waals surface area contributed by atoms with Crippen molar-refractivity contribution in [3.8, 4) is 5.75 Å². The summed E-state index contributed by atoms with van der Waals surface area (Å²) in [6.45, 7) is 5.92. The fourth-order valence-corrected chi connectivity index (χ4v) is 3.32. The zero-order valence-electron chi connectivity index (χ0n) is 13.1. The van der Waals surface area contributed by atoms with E-state index in [0.717, 1.165) is 42.9 Å². The second kappa shape index (κ2) is 5.34. The van der Waals surface area contributed by atoms with Crippen LogP contribution >= 0.6 is 0 Å². The number of benzene rings is 1. The maximum atomic E-state index is 12.6. The summed E-state index contributed by atoms with van der Waals surface area (Å²) in [4.78, 5) is 14.8. The second-order valence-electron chi connectivity index (χ2n) is 6.77. The Bertz CT molecular complexity index is 548. The van der Waals surface area contributed by atoms with Gasteiger partial charge < -0.3 is 15.0 Å². The molecule has 2 heterocycles. The Labute approximate surface area is 126 Å². The van der Waals surface area contributed by atoms with Gasteiger partial charge in [0.25, 0.3) is 0 Å². The summed E-state index contributed by atoms with van der Waals surface area (Å²) in [6, 6.07) is 5.78. The lowest BCUT2D eigenvalue weighted by Gasteiger charge is -2.39. The normalized spacial score (nSPS) is 24.1. The standard InChI is InChI=1S/C17H24N2O2/c1-17(2)11-19(3)14-10-12(7-8-15(14)21-17)16(20)13-6-4-5-9-18-13/h7-8,10,13,18H,4-6,9,11H2,1-3H3. The molecule has 4 nitrogen and oxygen atoms in total. The van der Waals surface area contributed by atoms with Gasteiger partial charge in [0.2, 0.25) is 0 Å². The molecule has 1 aromatic carbocycles. The number of Topliss-reactive ketones (excluding diaryl/α,β-unsaturated/α-hetero) is 1. The zero-order chi connectivity index (χ0) is 15.0. The van der Waals surface area contributed by atoms with Crippen LogP contribution in [0, 0.1) is 0 Å². The molecule has 1 atom stereocenters. The first kappa shape index (κ1) is 14.4. The predicted molar refractivity (Wildman–Crippen MR) is 84.4 cm³/mol. The summed E-state index contributed by atoms with van der Waals surface area (Å²) >= 11 is 0. The zero-order valence-corrected chi connectivity index (χ0v) is 13.1. The van der Waals surface area contributed by atoms with E-state index in [1.807, 2.05) is 18.2 Å². The molecule has 114 valence electrons. The predicted octanol–water partition coefficient (Wildman–Crippen LogP) is 2.62. The van der Waals surface area contributed by atoms with Crippen LogP contribution in [0.5, 0.6) is 5.75 Å². The molecule has 4 heteroatoms. The SMILES string of the molecule is CN1CC(C)(C)Oc2ccc(C(=O)C3CCCCN3)cc21. The largest absolute Gasteiger partial charge is 0.484 e. The molecule has 21 heavy (non-hydrogen) atoms. The molecule has 0 aromatic heterocycles. The molecule has 1 saturated heterocycles. The fourth-order valence-electron chi connectivity index (χ4n) is 3.32. The van der Waals surface area contributed by atoms with Crippen LogP contribution in [0.4, 0.5) is 5.69 Å². The van der Waals surface area contributed by atoms with Gasteiger partial charge in [-0.3, -0.25) is 4.79 Å². The van der Waals surface area contributed by atoms with Crippen molar-refractivity contribution >= 4 is 11.5 Å². The Morgan fingerprint density at radius 1 is 1.38 bits per heavy atom. The number of carbonyl (C=O) groups excluding carboxylic acids is 1. The number of hydrogen-bond acceptors (Lipinski definition) is 4. The number of ether oxygens (including phenoxy) is 1. The third-order valence-electron chi connectivity index (χ3n) is 4.29. The van der Waals surface area contributed by atoms with Gasteiger partial charge in [0.15, 0.2) is 5.78 Å². The van der Waals surface area contributed by atoms with Crippen LogP contribution in [0.3, 0.4) is 0 Å². The maximum absolute atomic E-state index is 12.6. The highest BCUT2D eigenvalue weighted by atomic mass is 16.5. The van der Waals surface area contributed by atoms with Gasteiger partial charge in [-0.1, -0.05) is 6.42 Å². The van der Waals surface area contributed by atoms with Crippen molar-refractivity contribution in [3.63, 3.8) is 0 Å². The number of anilines is 1. The van der Waals surface area contributed by atoms with Crippen LogP contribution in [-0.2, 0) is 0 Å². The lowest BCUT2D eigenvalue weighted by atomic mass is 9.95. The number of ketones is 1. The average molecular weight is 288 g/mol. The number of hydrogen-bond donors (Lipinski definition) is 1. The van der Waals surface area contributed by atoms with Crippen LogP contribution in [0.25, 0.3) is 0 Å². The van der Waals surface area contributed by atoms with Crippen LogP contribution in [-0.4, -0.2) is 37.6 Å². The minimum atomic E-state index is -0.196. The molecular formula is C17H24N2O2. The number of fused-ring (bicyclic) bond motifs is 1. The van der Waals surface area contributed by atoms with Crippen LogP contribution in [0.2, 0.25) is 0 Å². The van der Waals surface area contributed by atoms with E-state index in [1.165, 1.54) is 6.42 Å². The van der Waals surface area contributed by atoms with Gasteiger partial charge in [-0.05, 0) is 51.4 Å². The number of carbonyl (C=O) groups is 1. The van der Waals surface area contributed by atoms with E-state index < -0.39 is 0 Å². The Balaban J connectivity index is 1.86. The molecule has 2 aliphatic heterocycles. The smallest absolute Gasteiger partial charge is 0.179 e. The fraction of sp³-hybridized carbons (Fsp3) is 0.588. The van der Waals surface area contributed by atoms with E-state index in [9.17, 15) is 4.79 Å². The third-order valence-corrected chi connectivity index (χ3v) is 4.29. The van der Waals surface area contributed by atoms with E-state index in [0.29, 0.717) is 0 Å². The minimum Gasteiger partial charge on any atom is -0.484 e. The van der Waals surface area contributed by atoms with Gasteiger partial charge in [0.1, 0.15) is 11.4 Å². The van der Waals surface area contributed by atoms with Crippen LogP contribution in [0.15, 0.2) is 18.2 Å². The summed E-state index contributed by atoms with van der Waals surface area (Å²) in [5.74, 6) is 1.07. The highest BCUT2D eigenvalue weighted by Gasteiger charge is 2.31. The number of piperidine rings is 1. The molecule has 2 aliphatic rings. The van der Waals surface area contributed by atoms with Gasteiger partial charge >= 0.3 is 0 Å². The molecule has 0 radical (unpaired) electrons. The molecule has 0 amide bonds. The summed E-state index contributed by atoms with van der Waals surface area (Å²) < 4.78 is 6.00. The molecule has 0 spiro atoms. The number of nitrogens with zero attached hydrogens (tertiary/aromatic N) is 1. The van der Waals surface area contributed by atoms with Gasteiger partial charge in [0, 0.05) is 12.6 Å². The van der Waals surface area contributed by atoms with Crippen molar-refractivity contribution in [2.24, 2.45) is 0 Å². The van der Waals surface area contributed by atoms with Gasteiger partial charge in [-0.25, -0.2) is 0 Å². The number of rotatable bonds is 2. The monoisotopic (exact) mass is 288 g/mol. The van der Waals surface area contributed by atoms with E-state index >= 15 is 0 Å². The third kappa shape index (κ3) is 2.91. The highest BCUT2D eigenvalue weighted by molar-refractivity contribution is 6.01. The molecule has 0 aliphatic carbocycles. The summed E-state index contributed by atoms with van der Waals surface area (Å²) in [5, 5.41) is 3.33. The molecule has 1 aromatic rings. The van der Waals surface area contributed by atoms with Gasteiger partial charge in [-0.15, -0.1) is 0 Å². The van der Waals surface area contributed by atoms with Crippen LogP contribution in [0.1, 0.15) is 43.5 Å². The summed E-state index contributed by atoms with van der Waals surface area (Å²) in [5.41, 5.74) is 1.59. The molecule has 3 rings (SSSR count). The maximum Gasteiger partial charge on any atom is 0.179 e. The summed E-state index contributed by atoms with van der Waals surface area (Å²) in [7, 11) is 2.05. The van der Waals surface area contributed by atoms with Crippen molar-refractivity contribution in [3.05, 3.63) is 23.8 Å². The van der Waals surface area contributed by atoms with Crippen LogP contribution < -0.4 is 15.0 Å². The molecule has 0 bridgehead atoms. The quantitative estimate of drug-likeness (QED) is 0.849. The first-order valence-electron chi connectivity index (χ1n) is 7.78.